The maximum atomic E-state index is 10.5. The fraction of sp³-hybridized carbons (Fsp3) is 0.571. The van der Waals surface area contributed by atoms with E-state index in [4.69, 9.17) is 26.9 Å². The summed E-state index contributed by atoms with van der Waals surface area (Å²) in [7, 11) is 0. The molecule has 0 bridgehead atoms. The Morgan fingerprint density at radius 3 is 2.38 bits per heavy atom. The summed E-state index contributed by atoms with van der Waals surface area (Å²) >= 11 is 5.47. The third-order valence-corrected chi connectivity index (χ3v) is 2.39. The molecule has 13 heavy (non-hydrogen) atoms. The van der Waals surface area contributed by atoms with Crippen LogP contribution in [0.25, 0.3) is 0 Å². The molecule has 0 spiro atoms. The molecular formula is C7H9ClO5. The normalized spacial score (nSPS) is 34.9. The zero-order chi connectivity index (χ0) is 10.2. The van der Waals surface area contributed by atoms with E-state index >= 15 is 0 Å². The highest BCUT2D eigenvalue weighted by Gasteiger charge is 2.36. The first-order valence-corrected chi connectivity index (χ1v) is 3.99. The summed E-state index contributed by atoms with van der Waals surface area (Å²) in [6.07, 6.45) is -4.48. The van der Waals surface area contributed by atoms with Gasteiger partial charge in [-0.1, -0.05) is 11.6 Å². The Balaban J connectivity index is 3.01. The number of halogens is 1. The predicted octanol–water partition coefficient (Wildman–Crippen LogP) is -0.950. The van der Waals surface area contributed by atoms with Crippen LogP contribution in [0.1, 0.15) is 6.42 Å². The monoisotopic (exact) mass is 208 g/mol. The Morgan fingerprint density at radius 2 is 1.92 bits per heavy atom. The summed E-state index contributed by atoms with van der Waals surface area (Å²) in [5.41, 5.74) is -0.257. The molecule has 0 amide bonds. The molecule has 0 saturated heterocycles. The lowest BCUT2D eigenvalue weighted by atomic mass is 9.92. The summed E-state index contributed by atoms with van der Waals surface area (Å²) in [5, 5.41) is 35.7. The molecule has 0 fully saturated rings. The fourth-order valence-corrected chi connectivity index (χ4v) is 1.44. The number of aliphatic hydroxyl groups excluding tert-OH is 3. The van der Waals surface area contributed by atoms with E-state index in [-0.39, 0.29) is 17.0 Å². The lowest BCUT2D eigenvalue weighted by Crippen LogP contribution is -2.42. The molecule has 0 aromatic carbocycles. The smallest absolute Gasteiger partial charge is 0.332 e. The molecule has 1 aliphatic carbocycles. The molecule has 5 nitrogen and oxygen atoms in total. The Hall–Kier alpha value is -0.620. The second kappa shape index (κ2) is 3.63. The average molecular weight is 209 g/mol. The number of hydrogen-bond acceptors (Lipinski definition) is 4. The van der Waals surface area contributed by atoms with Gasteiger partial charge in [-0.15, -0.1) is 0 Å². The van der Waals surface area contributed by atoms with Gasteiger partial charge < -0.3 is 20.4 Å². The fourth-order valence-electron chi connectivity index (χ4n) is 1.16. The van der Waals surface area contributed by atoms with E-state index in [1.54, 1.807) is 0 Å². The van der Waals surface area contributed by atoms with Crippen LogP contribution in [-0.4, -0.2) is 44.7 Å². The van der Waals surface area contributed by atoms with Crippen molar-refractivity contribution < 1.29 is 25.2 Å². The van der Waals surface area contributed by atoms with Crippen molar-refractivity contribution in [2.24, 2.45) is 0 Å². The van der Waals surface area contributed by atoms with E-state index in [1.165, 1.54) is 0 Å². The second-order valence-corrected chi connectivity index (χ2v) is 3.25. The second-order valence-electron chi connectivity index (χ2n) is 2.84. The van der Waals surface area contributed by atoms with Gasteiger partial charge in [0, 0.05) is 6.42 Å². The molecule has 1 aliphatic rings. The lowest BCUT2D eigenvalue weighted by Gasteiger charge is -2.28. The minimum Gasteiger partial charge on any atom is -0.478 e. The van der Waals surface area contributed by atoms with Gasteiger partial charge in [-0.25, -0.2) is 4.79 Å². The molecule has 0 saturated carbocycles. The quantitative estimate of drug-likeness (QED) is 0.446. The van der Waals surface area contributed by atoms with Gasteiger partial charge in [0.05, 0.1) is 16.7 Å². The molecule has 0 aromatic heterocycles. The first kappa shape index (κ1) is 10.5. The van der Waals surface area contributed by atoms with Gasteiger partial charge in [0.1, 0.15) is 12.2 Å². The largest absolute Gasteiger partial charge is 0.478 e. The third kappa shape index (κ3) is 1.83. The number of rotatable bonds is 1. The Morgan fingerprint density at radius 1 is 1.38 bits per heavy atom. The van der Waals surface area contributed by atoms with Crippen LogP contribution in [0.3, 0.4) is 0 Å². The number of carboxylic acids is 1. The van der Waals surface area contributed by atoms with Crippen molar-refractivity contribution in [3.05, 3.63) is 10.6 Å². The third-order valence-electron chi connectivity index (χ3n) is 1.94. The molecule has 0 aromatic rings. The highest BCUT2D eigenvalue weighted by atomic mass is 35.5. The van der Waals surface area contributed by atoms with Crippen molar-refractivity contribution in [1.82, 2.24) is 0 Å². The SMILES string of the molecule is O=C(O)C1=C(Cl)[C@@H](O)[C@@H](O)[C@H](O)C1. The average Bonchev–Trinajstić information content (AvgIpc) is 2.07. The van der Waals surface area contributed by atoms with Crippen LogP contribution in [-0.2, 0) is 4.79 Å². The lowest BCUT2D eigenvalue weighted by molar-refractivity contribution is -0.134. The topological polar surface area (TPSA) is 98.0 Å². The zero-order valence-corrected chi connectivity index (χ0v) is 7.27. The minimum atomic E-state index is -1.52. The number of aliphatic hydroxyl groups is 3. The number of carboxylic acid groups (broad SMARTS) is 1. The van der Waals surface area contributed by atoms with E-state index in [2.05, 4.69) is 0 Å². The maximum Gasteiger partial charge on any atom is 0.332 e. The molecule has 0 radical (unpaired) electrons. The van der Waals surface area contributed by atoms with Crippen LogP contribution < -0.4 is 0 Å². The van der Waals surface area contributed by atoms with Crippen LogP contribution in [0, 0.1) is 0 Å². The summed E-state index contributed by atoms with van der Waals surface area (Å²) in [5.74, 6) is -1.30. The van der Waals surface area contributed by atoms with Gasteiger partial charge >= 0.3 is 5.97 Å². The van der Waals surface area contributed by atoms with Gasteiger partial charge in [-0.05, 0) is 0 Å². The number of aliphatic carboxylic acids is 1. The van der Waals surface area contributed by atoms with Gasteiger partial charge in [0.2, 0.25) is 0 Å². The molecular weight excluding hydrogens is 200 g/mol. The number of hydrogen-bond donors (Lipinski definition) is 4. The van der Waals surface area contributed by atoms with Crippen molar-refractivity contribution in [2.45, 2.75) is 24.7 Å². The van der Waals surface area contributed by atoms with Crippen molar-refractivity contribution in [3.8, 4) is 0 Å². The summed E-state index contributed by atoms with van der Waals surface area (Å²) in [6, 6.07) is 0. The van der Waals surface area contributed by atoms with Gasteiger partial charge in [-0.3, -0.25) is 0 Å². The molecule has 0 unspecified atom stereocenters. The molecule has 3 atom stereocenters. The standard InChI is InChI=1S/C7H9ClO5/c8-4-2(7(12)13)1-3(9)5(10)6(4)11/h3,5-6,9-11H,1H2,(H,12,13)/t3-,5+,6-/m1/s1. The maximum absolute atomic E-state index is 10.5. The van der Waals surface area contributed by atoms with Gasteiger partial charge in [0.15, 0.2) is 0 Å². The molecule has 0 aliphatic heterocycles. The molecule has 4 N–H and O–H groups in total. The first-order valence-electron chi connectivity index (χ1n) is 3.61. The van der Waals surface area contributed by atoms with Crippen molar-refractivity contribution in [2.75, 3.05) is 0 Å². The van der Waals surface area contributed by atoms with Crippen LogP contribution in [0.2, 0.25) is 0 Å². The van der Waals surface area contributed by atoms with Crippen LogP contribution in [0.15, 0.2) is 10.6 Å². The van der Waals surface area contributed by atoms with Gasteiger partial charge in [0.25, 0.3) is 0 Å². The predicted molar refractivity (Wildman–Crippen MR) is 43.2 cm³/mol. The summed E-state index contributed by atoms with van der Waals surface area (Å²) < 4.78 is 0. The molecule has 74 valence electrons. The Kier molecular flexibility index (Phi) is 2.92. The summed E-state index contributed by atoms with van der Waals surface area (Å²) in [6.45, 7) is 0. The number of carbonyl (C=O) groups is 1. The van der Waals surface area contributed by atoms with E-state index < -0.39 is 24.3 Å². The molecule has 1 rings (SSSR count). The van der Waals surface area contributed by atoms with E-state index in [0.29, 0.717) is 0 Å². The van der Waals surface area contributed by atoms with Crippen LogP contribution >= 0.6 is 11.6 Å². The van der Waals surface area contributed by atoms with Crippen LogP contribution in [0.4, 0.5) is 0 Å². The Labute approximate surface area is 78.9 Å². The summed E-state index contributed by atoms with van der Waals surface area (Å²) in [4.78, 5) is 10.5. The highest BCUT2D eigenvalue weighted by molar-refractivity contribution is 6.32. The zero-order valence-electron chi connectivity index (χ0n) is 6.51. The van der Waals surface area contributed by atoms with E-state index in [1.807, 2.05) is 0 Å². The minimum absolute atomic E-state index is 0.257. The van der Waals surface area contributed by atoms with E-state index in [9.17, 15) is 9.90 Å². The molecule has 0 heterocycles. The van der Waals surface area contributed by atoms with Gasteiger partial charge in [-0.2, -0.15) is 0 Å². The van der Waals surface area contributed by atoms with Crippen LogP contribution in [0.5, 0.6) is 0 Å². The van der Waals surface area contributed by atoms with Crippen molar-refractivity contribution >= 4 is 17.6 Å². The highest BCUT2D eigenvalue weighted by Crippen LogP contribution is 2.28. The first-order chi connectivity index (χ1) is 5.95. The van der Waals surface area contributed by atoms with Crippen molar-refractivity contribution in [1.29, 1.82) is 0 Å². The Bertz CT molecular complexity index is 262. The molecule has 6 heteroatoms. The van der Waals surface area contributed by atoms with Crippen molar-refractivity contribution in [3.63, 3.8) is 0 Å². The van der Waals surface area contributed by atoms with E-state index in [0.717, 1.165) is 0 Å².